The van der Waals surface area contributed by atoms with E-state index in [4.69, 9.17) is 32.4 Å². The van der Waals surface area contributed by atoms with Gasteiger partial charge in [0.05, 0.1) is 17.3 Å². The van der Waals surface area contributed by atoms with Crippen molar-refractivity contribution in [1.82, 2.24) is 5.43 Å². The first kappa shape index (κ1) is 24.8. The van der Waals surface area contributed by atoms with Crippen LogP contribution in [0.5, 0.6) is 5.75 Å². The minimum absolute atomic E-state index is 0.202. The van der Waals surface area contributed by atoms with Gasteiger partial charge in [-0.3, -0.25) is 9.59 Å². The first-order valence-electron chi connectivity index (χ1n) is 9.90. The summed E-state index contributed by atoms with van der Waals surface area (Å²) in [7, 11) is 0. The fourth-order valence-electron chi connectivity index (χ4n) is 2.70. The van der Waals surface area contributed by atoms with Gasteiger partial charge < -0.3 is 14.5 Å². The lowest BCUT2D eigenvalue weighted by Crippen LogP contribution is -2.19. The maximum absolute atomic E-state index is 12.1. The lowest BCUT2D eigenvalue weighted by molar-refractivity contribution is -0.121. The van der Waals surface area contributed by atoms with Crippen LogP contribution in [0.15, 0.2) is 68.8 Å². The van der Waals surface area contributed by atoms with Crippen molar-refractivity contribution in [2.24, 2.45) is 5.10 Å². The molecule has 2 N–H and O–H groups in total. The molecular weight excluding hydrogens is 533 g/mol. The van der Waals surface area contributed by atoms with E-state index in [1.54, 1.807) is 61.5 Å². The van der Waals surface area contributed by atoms with Gasteiger partial charge in [-0.15, -0.1) is 0 Å². The minimum Gasteiger partial charge on any atom is -0.492 e. The molecule has 0 atom stereocenters. The summed E-state index contributed by atoms with van der Waals surface area (Å²) in [4.78, 5) is 24.2. The van der Waals surface area contributed by atoms with Gasteiger partial charge in [0.2, 0.25) is 5.91 Å². The largest absolute Gasteiger partial charge is 0.492 e. The molecule has 0 unspecified atom stereocenters. The van der Waals surface area contributed by atoms with Gasteiger partial charge in [0, 0.05) is 17.1 Å². The van der Waals surface area contributed by atoms with Crippen LogP contribution >= 0.6 is 39.1 Å². The highest BCUT2D eigenvalue weighted by atomic mass is 79.9. The van der Waals surface area contributed by atoms with Crippen molar-refractivity contribution < 1.29 is 18.7 Å². The second-order valence-electron chi connectivity index (χ2n) is 6.89. The number of nitrogens with one attached hydrogen (secondary N) is 2. The predicted molar refractivity (Wildman–Crippen MR) is 132 cm³/mol. The fourth-order valence-corrected chi connectivity index (χ4v) is 3.47. The number of halogens is 3. The summed E-state index contributed by atoms with van der Waals surface area (Å²) in [6.45, 7) is 2.11. The Morgan fingerprint density at radius 3 is 2.52 bits per heavy atom. The Balaban J connectivity index is 1.43. The van der Waals surface area contributed by atoms with E-state index in [0.717, 1.165) is 5.56 Å². The Morgan fingerprint density at radius 1 is 1.09 bits per heavy atom. The van der Waals surface area contributed by atoms with Gasteiger partial charge in [0.15, 0.2) is 10.4 Å². The third-order valence-corrected chi connectivity index (χ3v) is 5.36. The Labute approximate surface area is 209 Å². The first-order valence-corrected chi connectivity index (χ1v) is 11.4. The maximum Gasteiger partial charge on any atom is 0.291 e. The lowest BCUT2D eigenvalue weighted by atomic mass is 10.1. The van der Waals surface area contributed by atoms with E-state index in [-0.39, 0.29) is 24.0 Å². The second-order valence-corrected chi connectivity index (χ2v) is 8.52. The number of ether oxygens (including phenoxy) is 1. The normalized spacial score (nSPS) is 11.2. The number of furan rings is 1. The van der Waals surface area contributed by atoms with Crippen LogP contribution < -0.4 is 15.5 Å². The number of hydrogen-bond donors (Lipinski definition) is 2. The van der Waals surface area contributed by atoms with Gasteiger partial charge in [0.25, 0.3) is 5.91 Å². The van der Waals surface area contributed by atoms with Crippen LogP contribution in [0.25, 0.3) is 0 Å². The highest BCUT2D eigenvalue weighted by molar-refractivity contribution is 9.10. The molecule has 0 radical (unpaired) electrons. The first-order chi connectivity index (χ1) is 15.8. The molecule has 0 saturated heterocycles. The highest BCUT2D eigenvalue weighted by Crippen LogP contribution is 2.27. The van der Waals surface area contributed by atoms with Crippen molar-refractivity contribution >= 4 is 62.3 Å². The number of carbonyl (C=O) groups excluding carboxylic acids is 2. The molecule has 1 heterocycles. The zero-order valence-electron chi connectivity index (χ0n) is 17.5. The van der Waals surface area contributed by atoms with Crippen LogP contribution in [-0.4, -0.2) is 24.1 Å². The molecule has 0 spiro atoms. The molecule has 0 fully saturated rings. The summed E-state index contributed by atoms with van der Waals surface area (Å²) >= 11 is 15.1. The van der Waals surface area contributed by atoms with E-state index >= 15 is 0 Å². The molecule has 172 valence electrons. The topological polar surface area (TPSA) is 92.9 Å². The quantitative estimate of drug-likeness (QED) is 0.185. The third kappa shape index (κ3) is 7.63. The Hall–Kier alpha value is -2.81. The molecule has 3 aromatic rings. The van der Waals surface area contributed by atoms with Crippen LogP contribution in [0.2, 0.25) is 10.0 Å². The van der Waals surface area contributed by atoms with Crippen LogP contribution in [0.1, 0.15) is 35.9 Å². The van der Waals surface area contributed by atoms with Crippen molar-refractivity contribution in [3.8, 4) is 5.75 Å². The zero-order chi connectivity index (χ0) is 23.8. The van der Waals surface area contributed by atoms with Crippen molar-refractivity contribution in [3.05, 3.63) is 80.6 Å². The maximum atomic E-state index is 12.1. The number of nitrogens with zero attached hydrogens (tertiary/aromatic N) is 1. The molecule has 7 nitrogen and oxygen atoms in total. The van der Waals surface area contributed by atoms with Crippen molar-refractivity contribution in [2.75, 3.05) is 11.9 Å². The summed E-state index contributed by atoms with van der Waals surface area (Å²) in [5.41, 5.74) is 4.56. The van der Waals surface area contributed by atoms with Crippen LogP contribution in [0, 0.1) is 0 Å². The molecule has 2 aromatic carbocycles. The predicted octanol–water partition coefficient (Wildman–Crippen LogP) is 6.30. The number of amides is 2. The van der Waals surface area contributed by atoms with Gasteiger partial charge in [-0.25, -0.2) is 5.43 Å². The van der Waals surface area contributed by atoms with Crippen molar-refractivity contribution in [2.45, 2.75) is 19.8 Å². The number of benzene rings is 2. The molecule has 33 heavy (non-hydrogen) atoms. The standard InChI is InChI=1S/C23H20BrCl2N3O4/c1-14(15-4-7-17(8-5-15)27-23(31)20-10-11-21(24)33-20)28-29-22(30)3-2-12-32-19-9-6-16(25)13-18(19)26/h4-11,13H,2-3,12H2,1H3,(H,27,31)(H,29,30). The third-order valence-electron chi connectivity index (χ3n) is 4.41. The average molecular weight is 553 g/mol. The molecule has 3 rings (SSSR count). The molecular formula is C23H20BrCl2N3O4. The van der Waals surface area contributed by atoms with E-state index in [2.05, 4.69) is 31.8 Å². The minimum atomic E-state index is -0.353. The summed E-state index contributed by atoms with van der Waals surface area (Å²) in [6, 6.07) is 15.3. The Bertz CT molecular complexity index is 1160. The smallest absolute Gasteiger partial charge is 0.291 e. The van der Waals surface area contributed by atoms with Gasteiger partial charge in [-0.2, -0.15) is 5.10 Å². The van der Waals surface area contributed by atoms with Gasteiger partial charge in [-0.05, 0) is 77.3 Å². The number of anilines is 1. The molecule has 1 aromatic heterocycles. The lowest BCUT2D eigenvalue weighted by Gasteiger charge is -2.08. The molecule has 10 heteroatoms. The van der Waals surface area contributed by atoms with Crippen molar-refractivity contribution in [3.63, 3.8) is 0 Å². The van der Waals surface area contributed by atoms with Gasteiger partial charge >= 0.3 is 0 Å². The molecule has 0 saturated carbocycles. The highest BCUT2D eigenvalue weighted by Gasteiger charge is 2.11. The average Bonchev–Trinajstić information content (AvgIpc) is 3.23. The fraction of sp³-hybridized carbons (Fsp3) is 0.174. The molecule has 0 bridgehead atoms. The number of hydrazone groups is 1. The molecule has 2 amide bonds. The summed E-state index contributed by atoms with van der Waals surface area (Å²) < 4.78 is 11.3. The van der Waals surface area contributed by atoms with E-state index in [1.165, 1.54) is 0 Å². The zero-order valence-corrected chi connectivity index (χ0v) is 20.6. The Kier molecular flexibility index (Phi) is 8.94. The van der Waals surface area contributed by atoms with E-state index < -0.39 is 0 Å². The van der Waals surface area contributed by atoms with Crippen LogP contribution in [0.3, 0.4) is 0 Å². The Morgan fingerprint density at radius 2 is 1.85 bits per heavy atom. The van der Waals surface area contributed by atoms with Gasteiger partial charge in [-0.1, -0.05) is 35.3 Å². The SMILES string of the molecule is CC(=NNC(=O)CCCOc1ccc(Cl)cc1Cl)c1ccc(NC(=O)c2ccc(Br)o2)cc1. The van der Waals surface area contributed by atoms with Crippen molar-refractivity contribution in [1.29, 1.82) is 0 Å². The van der Waals surface area contributed by atoms with Crippen LogP contribution in [-0.2, 0) is 4.79 Å². The number of carbonyl (C=O) groups is 2. The molecule has 0 aliphatic heterocycles. The second kappa shape index (κ2) is 11.9. The van der Waals surface area contributed by atoms with E-state index in [9.17, 15) is 9.59 Å². The van der Waals surface area contributed by atoms with E-state index in [0.29, 0.717) is 44.9 Å². The monoisotopic (exact) mass is 551 g/mol. The molecule has 0 aliphatic rings. The summed E-state index contributed by atoms with van der Waals surface area (Å²) in [5.74, 6) is 0.141. The van der Waals surface area contributed by atoms with Crippen LogP contribution in [0.4, 0.5) is 5.69 Å². The molecule has 0 aliphatic carbocycles. The summed E-state index contributed by atoms with van der Waals surface area (Å²) in [6.07, 6.45) is 0.746. The summed E-state index contributed by atoms with van der Waals surface area (Å²) in [5, 5.41) is 7.83. The number of hydrogen-bond acceptors (Lipinski definition) is 5. The number of rotatable bonds is 9. The van der Waals surface area contributed by atoms with Gasteiger partial charge in [0.1, 0.15) is 5.75 Å². The van der Waals surface area contributed by atoms with E-state index in [1.807, 2.05) is 0 Å².